The fourth-order valence-corrected chi connectivity index (χ4v) is 3.21. The highest BCUT2D eigenvalue weighted by atomic mass is 35.5. The molecule has 0 saturated carbocycles. The summed E-state index contributed by atoms with van der Waals surface area (Å²) in [5.74, 6) is -0.140. The van der Waals surface area contributed by atoms with Crippen molar-refractivity contribution in [3.05, 3.63) is 53.1 Å². The van der Waals surface area contributed by atoms with Gasteiger partial charge in [-0.3, -0.25) is 4.98 Å². The van der Waals surface area contributed by atoms with Gasteiger partial charge < -0.3 is 15.0 Å². The average molecular weight is 402 g/mol. The largest absolute Gasteiger partial charge is 0.465 e. The molecule has 3 aromatic heterocycles. The van der Waals surface area contributed by atoms with Gasteiger partial charge in [0.05, 0.1) is 41.7 Å². The maximum absolute atomic E-state index is 13.8. The lowest BCUT2D eigenvalue weighted by Gasteiger charge is -2.09. The van der Waals surface area contributed by atoms with Crippen molar-refractivity contribution in [1.29, 1.82) is 0 Å². The molecule has 0 unspecified atom stereocenters. The zero-order chi connectivity index (χ0) is 19.8. The number of nitrogens with one attached hydrogen (secondary N) is 1. The summed E-state index contributed by atoms with van der Waals surface area (Å²) >= 11 is 6.54. The van der Waals surface area contributed by atoms with Crippen molar-refractivity contribution in [2.75, 3.05) is 0 Å². The van der Waals surface area contributed by atoms with Crippen LogP contribution in [-0.4, -0.2) is 41.0 Å². The van der Waals surface area contributed by atoms with Crippen molar-refractivity contribution in [1.82, 2.24) is 35.1 Å². The Morgan fingerprint density at radius 3 is 2.79 bits per heavy atom. The average Bonchev–Trinajstić information content (AvgIpc) is 3.21. The molecule has 1 amide bonds. The fraction of sp³-hybridized carbons (Fsp3) is 0.118. The second-order valence-electron chi connectivity index (χ2n) is 5.93. The van der Waals surface area contributed by atoms with Gasteiger partial charge in [-0.25, -0.2) is 9.18 Å². The van der Waals surface area contributed by atoms with Gasteiger partial charge in [0.1, 0.15) is 11.5 Å². The van der Waals surface area contributed by atoms with E-state index in [2.05, 4.69) is 25.7 Å². The van der Waals surface area contributed by atoms with Crippen molar-refractivity contribution in [3.63, 3.8) is 0 Å². The van der Waals surface area contributed by atoms with Crippen molar-refractivity contribution >= 4 is 28.6 Å². The molecular weight excluding hydrogens is 389 g/mol. The summed E-state index contributed by atoms with van der Waals surface area (Å²) in [6.07, 6.45) is 0.435. The highest BCUT2D eigenvalue weighted by Crippen LogP contribution is 2.38. The topological polar surface area (TPSA) is 111 Å². The Bertz CT molecular complexity index is 1190. The zero-order valence-electron chi connectivity index (χ0n) is 14.5. The van der Waals surface area contributed by atoms with E-state index in [4.69, 9.17) is 16.7 Å². The van der Waals surface area contributed by atoms with Gasteiger partial charge in [0.15, 0.2) is 0 Å². The first kappa shape index (κ1) is 17.9. The van der Waals surface area contributed by atoms with E-state index in [1.807, 2.05) is 0 Å². The monoisotopic (exact) mass is 401 g/mol. The molecule has 4 rings (SSSR count). The number of aryl methyl sites for hydroxylation is 1. The molecule has 0 aliphatic carbocycles. The van der Waals surface area contributed by atoms with Crippen LogP contribution in [-0.2, 0) is 13.6 Å². The van der Waals surface area contributed by atoms with Gasteiger partial charge in [-0.2, -0.15) is 4.80 Å². The van der Waals surface area contributed by atoms with E-state index in [-0.39, 0.29) is 12.4 Å². The number of rotatable bonds is 4. The Kier molecular flexibility index (Phi) is 4.40. The molecule has 0 bridgehead atoms. The lowest BCUT2D eigenvalue weighted by atomic mass is 10.2. The van der Waals surface area contributed by atoms with Crippen molar-refractivity contribution < 1.29 is 14.3 Å². The molecule has 28 heavy (non-hydrogen) atoms. The lowest BCUT2D eigenvalue weighted by molar-refractivity contribution is 0.194. The van der Waals surface area contributed by atoms with Crippen molar-refractivity contribution in [2.45, 2.75) is 6.54 Å². The van der Waals surface area contributed by atoms with E-state index in [1.165, 1.54) is 16.9 Å². The van der Waals surface area contributed by atoms with Crippen LogP contribution >= 0.6 is 11.6 Å². The third-order valence-electron chi connectivity index (χ3n) is 4.08. The Hall–Kier alpha value is -3.53. The van der Waals surface area contributed by atoms with Crippen LogP contribution in [0.4, 0.5) is 9.18 Å². The first-order valence-corrected chi connectivity index (χ1v) is 8.48. The van der Waals surface area contributed by atoms with Crippen LogP contribution in [0.5, 0.6) is 0 Å². The number of halogens is 2. The minimum absolute atomic E-state index is 0.0760. The first-order valence-electron chi connectivity index (χ1n) is 8.10. The molecule has 0 spiro atoms. The van der Waals surface area contributed by atoms with Crippen LogP contribution < -0.4 is 5.32 Å². The number of nitrogens with zero attached hydrogens (tertiary/aromatic N) is 6. The van der Waals surface area contributed by atoms with Gasteiger partial charge in [0, 0.05) is 5.39 Å². The minimum atomic E-state index is -1.13. The fourth-order valence-electron chi connectivity index (χ4n) is 2.89. The number of carboxylic acid groups (broad SMARTS) is 1. The molecule has 1 aromatic carbocycles. The number of carbonyl (C=O) groups is 1. The van der Waals surface area contributed by atoms with Crippen molar-refractivity contribution in [3.8, 4) is 17.2 Å². The summed E-state index contributed by atoms with van der Waals surface area (Å²) in [5, 5.41) is 23.8. The Morgan fingerprint density at radius 1 is 1.32 bits per heavy atom. The summed E-state index contributed by atoms with van der Waals surface area (Å²) in [4.78, 5) is 16.2. The molecule has 11 heteroatoms. The molecule has 0 aliphatic rings. The molecule has 0 atom stereocenters. The van der Waals surface area contributed by atoms with E-state index >= 15 is 0 Å². The Labute approximate surface area is 162 Å². The molecule has 9 nitrogen and oxygen atoms in total. The van der Waals surface area contributed by atoms with Gasteiger partial charge in [0.2, 0.25) is 5.82 Å². The summed E-state index contributed by atoms with van der Waals surface area (Å²) in [5.41, 5.74) is 2.27. The van der Waals surface area contributed by atoms with Crippen LogP contribution in [0, 0.1) is 5.82 Å². The molecule has 0 fully saturated rings. The second kappa shape index (κ2) is 6.89. The molecule has 0 saturated heterocycles. The van der Waals surface area contributed by atoms with Crippen LogP contribution in [0.3, 0.4) is 0 Å². The maximum atomic E-state index is 13.8. The number of benzene rings is 1. The quantitative estimate of drug-likeness (QED) is 0.544. The van der Waals surface area contributed by atoms with E-state index in [0.29, 0.717) is 33.0 Å². The van der Waals surface area contributed by atoms with Gasteiger partial charge in [-0.05, 0) is 35.5 Å². The molecule has 0 aliphatic heterocycles. The van der Waals surface area contributed by atoms with E-state index in [9.17, 15) is 9.18 Å². The van der Waals surface area contributed by atoms with Crippen molar-refractivity contribution in [2.24, 2.45) is 7.05 Å². The number of hydrogen-bond acceptors (Lipinski definition) is 5. The number of pyridine rings is 1. The van der Waals surface area contributed by atoms with Crippen LogP contribution in [0.15, 0.2) is 36.5 Å². The standard InChI is InChI=1S/C17H13ClFN7O2/c1-25-23-16(22-24-25)15-14(18)12-6-9(19)2-5-13(12)26(15)11-4-3-10(20-8-11)7-21-17(27)28/h2-6,8,21H,7H2,1H3,(H,27,28). The van der Waals surface area contributed by atoms with Crippen LogP contribution in [0.2, 0.25) is 5.02 Å². The van der Waals surface area contributed by atoms with Crippen LogP contribution in [0.25, 0.3) is 28.1 Å². The predicted molar refractivity (Wildman–Crippen MR) is 98.7 cm³/mol. The molecule has 142 valence electrons. The molecule has 0 radical (unpaired) electrons. The summed E-state index contributed by atoms with van der Waals surface area (Å²) in [6, 6.07) is 7.72. The Morgan fingerprint density at radius 2 is 2.14 bits per heavy atom. The van der Waals surface area contributed by atoms with E-state index in [1.54, 1.807) is 36.0 Å². The SMILES string of the molecule is Cn1nnc(-c2c(Cl)c3cc(F)ccc3n2-c2ccc(CNC(=O)O)nc2)n1. The summed E-state index contributed by atoms with van der Waals surface area (Å²) in [7, 11) is 1.63. The number of amides is 1. The minimum Gasteiger partial charge on any atom is -0.465 e. The number of hydrogen-bond donors (Lipinski definition) is 2. The molecule has 2 N–H and O–H groups in total. The van der Waals surface area contributed by atoms with Crippen LogP contribution in [0.1, 0.15) is 5.69 Å². The van der Waals surface area contributed by atoms with E-state index in [0.717, 1.165) is 0 Å². The van der Waals surface area contributed by atoms with Gasteiger partial charge in [-0.1, -0.05) is 11.6 Å². The highest BCUT2D eigenvalue weighted by molar-refractivity contribution is 6.38. The zero-order valence-corrected chi connectivity index (χ0v) is 15.2. The normalized spacial score (nSPS) is 11.1. The third kappa shape index (κ3) is 3.14. The molecule has 4 aromatic rings. The van der Waals surface area contributed by atoms with Gasteiger partial charge in [-0.15, -0.1) is 10.2 Å². The maximum Gasteiger partial charge on any atom is 0.404 e. The predicted octanol–water partition coefficient (Wildman–Crippen LogP) is 2.78. The first-order chi connectivity index (χ1) is 13.4. The molecular formula is C17H13ClFN7O2. The van der Waals surface area contributed by atoms with E-state index < -0.39 is 11.9 Å². The summed E-state index contributed by atoms with van der Waals surface area (Å²) < 4.78 is 15.5. The van der Waals surface area contributed by atoms with Gasteiger partial charge in [0.25, 0.3) is 0 Å². The van der Waals surface area contributed by atoms with Gasteiger partial charge >= 0.3 is 6.09 Å². The number of aromatic nitrogens is 6. The smallest absolute Gasteiger partial charge is 0.404 e. The number of fused-ring (bicyclic) bond motifs is 1. The number of tetrazole rings is 1. The lowest BCUT2D eigenvalue weighted by Crippen LogP contribution is -2.20. The third-order valence-corrected chi connectivity index (χ3v) is 4.46. The Balaban J connectivity index is 1.89. The second-order valence-corrected chi connectivity index (χ2v) is 6.31. The summed E-state index contributed by atoms with van der Waals surface area (Å²) in [6.45, 7) is 0.0760. The highest BCUT2D eigenvalue weighted by Gasteiger charge is 2.22. The molecule has 3 heterocycles.